The molecule has 1 amide bonds. The van der Waals surface area contributed by atoms with Gasteiger partial charge in [0, 0.05) is 24.1 Å². The molecule has 27 heavy (non-hydrogen) atoms. The number of likely N-dealkylation sites (tertiary alicyclic amines) is 1. The van der Waals surface area contributed by atoms with Gasteiger partial charge in [0.25, 0.3) is 0 Å². The van der Waals surface area contributed by atoms with Crippen molar-refractivity contribution in [2.24, 2.45) is 0 Å². The summed E-state index contributed by atoms with van der Waals surface area (Å²) in [5.41, 5.74) is 1.30. The van der Waals surface area contributed by atoms with Crippen LogP contribution in [0.25, 0.3) is 0 Å². The van der Waals surface area contributed by atoms with E-state index in [1.165, 1.54) is 0 Å². The topological polar surface area (TPSA) is 77.5 Å². The summed E-state index contributed by atoms with van der Waals surface area (Å²) in [6.45, 7) is 14.0. The molecule has 0 aromatic carbocycles. The molecule has 152 valence electrons. The predicted octanol–water partition coefficient (Wildman–Crippen LogP) is 3.88. The molecule has 1 aliphatic heterocycles. The lowest BCUT2D eigenvalue weighted by atomic mass is 10.0. The maximum absolute atomic E-state index is 12.8. The van der Waals surface area contributed by atoms with Crippen molar-refractivity contribution in [3.63, 3.8) is 0 Å². The molecule has 0 bridgehead atoms. The zero-order chi connectivity index (χ0) is 20.4. The predicted molar refractivity (Wildman–Crippen MR) is 109 cm³/mol. The highest BCUT2D eigenvalue weighted by atomic mass is 32.2. The summed E-state index contributed by atoms with van der Waals surface area (Å²) >= 11 is -1.29. The summed E-state index contributed by atoms with van der Waals surface area (Å²) in [7, 11) is 0. The average Bonchev–Trinajstić information content (AvgIpc) is 3.00. The van der Waals surface area contributed by atoms with Crippen LogP contribution in [0, 0.1) is 6.92 Å². The second kappa shape index (κ2) is 8.37. The van der Waals surface area contributed by atoms with E-state index < -0.39 is 21.7 Å². The monoisotopic (exact) mass is 395 g/mol. The lowest BCUT2D eigenvalue weighted by molar-refractivity contribution is 0.0200. The Hall–Kier alpha value is -1.31. The Morgan fingerprint density at radius 2 is 2.00 bits per heavy atom. The van der Waals surface area contributed by atoms with Crippen molar-refractivity contribution in [3.8, 4) is 0 Å². The van der Waals surface area contributed by atoms with Gasteiger partial charge in [-0.2, -0.15) is 0 Å². The number of hydrogen-bond donors (Lipinski definition) is 1. The summed E-state index contributed by atoms with van der Waals surface area (Å²) in [5, 5.41) is 0. The Morgan fingerprint density at radius 3 is 2.52 bits per heavy atom. The maximum atomic E-state index is 12.8. The number of aromatic nitrogens is 1. The average molecular weight is 396 g/mol. The van der Waals surface area contributed by atoms with Gasteiger partial charge in [0.05, 0.1) is 11.7 Å². The Balaban J connectivity index is 2.30. The van der Waals surface area contributed by atoms with Crippen molar-refractivity contribution < 1.29 is 14.1 Å². The Labute approximate surface area is 166 Å². The molecule has 1 N–H and O–H groups in total. The minimum atomic E-state index is -1.29. The summed E-state index contributed by atoms with van der Waals surface area (Å²) in [4.78, 5) is 19.0. The van der Waals surface area contributed by atoms with E-state index in [0.29, 0.717) is 6.54 Å². The number of amides is 1. The van der Waals surface area contributed by atoms with Gasteiger partial charge < -0.3 is 14.2 Å². The van der Waals surface area contributed by atoms with E-state index in [4.69, 9.17) is 4.74 Å². The van der Waals surface area contributed by atoms with Crippen LogP contribution in [-0.4, -0.2) is 43.5 Å². The van der Waals surface area contributed by atoms with Crippen LogP contribution in [-0.2, 0) is 16.1 Å². The van der Waals surface area contributed by atoms with Crippen LogP contribution in [0.3, 0.4) is 0 Å². The molecule has 1 aliphatic rings. The van der Waals surface area contributed by atoms with E-state index in [1.807, 2.05) is 60.6 Å². The summed E-state index contributed by atoms with van der Waals surface area (Å²) < 4.78 is 21.2. The molecule has 2 rings (SSSR count). The van der Waals surface area contributed by atoms with E-state index in [1.54, 1.807) is 11.1 Å². The lowest BCUT2D eigenvalue weighted by Gasteiger charge is -2.35. The number of hydrogen-bond acceptors (Lipinski definition) is 5. The Kier molecular flexibility index (Phi) is 6.81. The van der Waals surface area contributed by atoms with Crippen LogP contribution in [0.4, 0.5) is 4.79 Å². The van der Waals surface area contributed by atoms with Gasteiger partial charge in [0.2, 0.25) is 0 Å². The maximum Gasteiger partial charge on any atom is 0.410 e. The summed E-state index contributed by atoms with van der Waals surface area (Å²) in [5.74, 6) is 0. The van der Waals surface area contributed by atoms with E-state index >= 15 is 0 Å². The van der Waals surface area contributed by atoms with Gasteiger partial charge in [-0.15, -0.1) is 4.72 Å². The molecule has 1 saturated heterocycles. The zero-order valence-electron chi connectivity index (χ0n) is 17.5. The molecular formula is C20H33N3O3S. The van der Waals surface area contributed by atoms with Crippen LogP contribution in [0.1, 0.15) is 71.7 Å². The molecule has 7 heteroatoms. The minimum Gasteiger partial charge on any atom is -0.598 e. The first-order valence-corrected chi connectivity index (χ1v) is 10.6. The molecule has 0 aliphatic carbocycles. The van der Waals surface area contributed by atoms with Crippen LogP contribution in [0.2, 0.25) is 0 Å². The van der Waals surface area contributed by atoms with Gasteiger partial charge in [-0.25, -0.2) is 4.79 Å². The third-order valence-corrected chi connectivity index (χ3v) is 5.94. The van der Waals surface area contributed by atoms with E-state index in [0.717, 1.165) is 24.1 Å². The molecule has 1 aromatic heterocycles. The fourth-order valence-corrected chi connectivity index (χ4v) is 3.84. The van der Waals surface area contributed by atoms with Crippen molar-refractivity contribution in [2.75, 3.05) is 6.54 Å². The number of pyridine rings is 1. The number of carbonyl (C=O) groups excluding carboxylic acids is 1. The molecule has 2 heterocycles. The number of nitrogens with zero attached hydrogens (tertiary/aromatic N) is 2. The molecule has 6 nitrogen and oxygen atoms in total. The van der Waals surface area contributed by atoms with Gasteiger partial charge in [-0.3, -0.25) is 4.98 Å². The van der Waals surface area contributed by atoms with Gasteiger partial charge in [0.1, 0.15) is 16.4 Å². The molecule has 1 aromatic rings. The molecule has 1 fully saturated rings. The Morgan fingerprint density at radius 1 is 1.33 bits per heavy atom. The zero-order valence-corrected chi connectivity index (χ0v) is 18.4. The standard InChI is InChI=1S/C20H33N3O3S/c1-14-10-11-15(21-13-14)17(22-27(25)20(5,6)7)16-9-8-12-23(16)18(24)26-19(2,3)4/h10-11,13,16-17,22H,8-9,12H2,1-7H3/t16-,17?,27?/m0/s1. The fraction of sp³-hybridized carbons (Fsp3) is 0.700. The molecule has 2 unspecified atom stereocenters. The van der Waals surface area contributed by atoms with Gasteiger partial charge in [-0.1, -0.05) is 6.07 Å². The van der Waals surface area contributed by atoms with Crippen LogP contribution in [0.15, 0.2) is 18.3 Å². The van der Waals surface area contributed by atoms with E-state index in [2.05, 4.69) is 9.71 Å². The van der Waals surface area contributed by atoms with Crippen LogP contribution >= 0.6 is 0 Å². The SMILES string of the molecule is Cc1ccc(C(N[S+]([O-])C(C)(C)C)[C@@H]2CCCN2C(=O)OC(C)(C)C)nc1. The number of nitrogens with one attached hydrogen (secondary N) is 1. The third-order valence-electron chi connectivity index (χ3n) is 4.36. The van der Waals surface area contributed by atoms with Crippen molar-refractivity contribution in [1.29, 1.82) is 0 Å². The highest BCUT2D eigenvalue weighted by Gasteiger charge is 2.42. The van der Waals surface area contributed by atoms with Crippen LogP contribution < -0.4 is 4.72 Å². The first-order valence-electron chi connectivity index (χ1n) is 9.49. The van der Waals surface area contributed by atoms with Crippen LogP contribution in [0.5, 0.6) is 0 Å². The van der Waals surface area contributed by atoms with E-state index in [9.17, 15) is 9.35 Å². The highest BCUT2D eigenvalue weighted by Crippen LogP contribution is 2.32. The molecule has 0 spiro atoms. The Bertz CT molecular complexity index is 637. The third kappa shape index (κ3) is 6.09. The van der Waals surface area contributed by atoms with Crippen molar-refractivity contribution >= 4 is 17.5 Å². The van der Waals surface area contributed by atoms with Gasteiger partial charge in [-0.05, 0) is 72.9 Å². The first kappa shape index (κ1) is 22.0. The molecule has 0 saturated carbocycles. The number of rotatable bonds is 4. The first-order chi connectivity index (χ1) is 12.4. The number of ether oxygens (including phenoxy) is 1. The van der Waals surface area contributed by atoms with Crippen molar-refractivity contribution in [2.45, 2.75) is 83.7 Å². The van der Waals surface area contributed by atoms with Crippen molar-refractivity contribution in [1.82, 2.24) is 14.6 Å². The molecule has 3 atom stereocenters. The highest BCUT2D eigenvalue weighted by molar-refractivity contribution is 7.90. The normalized spacial score (nSPS) is 20.4. The van der Waals surface area contributed by atoms with E-state index in [-0.39, 0.29) is 18.2 Å². The lowest BCUT2D eigenvalue weighted by Crippen LogP contribution is -2.50. The number of carbonyl (C=O) groups is 1. The van der Waals surface area contributed by atoms with Gasteiger partial charge in [0.15, 0.2) is 0 Å². The summed E-state index contributed by atoms with van der Waals surface area (Å²) in [6.07, 6.45) is 3.17. The minimum absolute atomic E-state index is 0.152. The van der Waals surface area contributed by atoms with Gasteiger partial charge >= 0.3 is 6.09 Å². The van der Waals surface area contributed by atoms with Crippen molar-refractivity contribution in [3.05, 3.63) is 29.6 Å². The number of aryl methyl sites for hydroxylation is 1. The molecule has 0 radical (unpaired) electrons. The second-order valence-electron chi connectivity index (χ2n) is 9.12. The quantitative estimate of drug-likeness (QED) is 0.783. The largest absolute Gasteiger partial charge is 0.598 e. The fourth-order valence-electron chi connectivity index (χ4n) is 2.98. The summed E-state index contributed by atoms with van der Waals surface area (Å²) in [6, 6.07) is 3.46. The smallest absolute Gasteiger partial charge is 0.410 e. The second-order valence-corrected chi connectivity index (χ2v) is 11.1. The molecular weight excluding hydrogens is 362 g/mol.